The molecular weight excluding hydrogens is 214 g/mol. The van der Waals surface area contributed by atoms with Gasteiger partial charge in [0.1, 0.15) is 6.61 Å². The summed E-state index contributed by atoms with van der Waals surface area (Å²) in [6.45, 7) is 4.41. The Labute approximate surface area is 103 Å². The Morgan fingerprint density at radius 2 is 1.94 bits per heavy atom. The fraction of sp³-hybridized carbons (Fsp3) is 0.500. The van der Waals surface area contributed by atoms with Crippen molar-refractivity contribution in [1.82, 2.24) is 5.32 Å². The highest BCUT2D eigenvalue weighted by Crippen LogP contribution is 2.20. The molecule has 1 aromatic carbocycles. The third-order valence-electron chi connectivity index (χ3n) is 2.52. The van der Waals surface area contributed by atoms with Crippen molar-refractivity contribution in [2.75, 3.05) is 13.7 Å². The first kappa shape index (κ1) is 13.7. The van der Waals surface area contributed by atoms with Crippen LogP contribution in [0.4, 0.5) is 0 Å². The van der Waals surface area contributed by atoms with E-state index < -0.39 is 0 Å². The molecule has 0 spiro atoms. The SMILES string of the molecule is COCC(=O)NC(CC(C)C)c1ccccc1. The molecule has 0 aliphatic rings. The maximum atomic E-state index is 11.6. The molecule has 0 saturated carbocycles. The fourth-order valence-corrected chi connectivity index (χ4v) is 1.80. The standard InChI is InChI=1S/C14H21NO2/c1-11(2)9-13(15-14(16)10-17-3)12-7-5-4-6-8-12/h4-8,11,13H,9-10H2,1-3H3,(H,15,16). The predicted octanol–water partition coefficient (Wildman–Crippen LogP) is 2.54. The molecule has 1 amide bonds. The number of rotatable bonds is 6. The van der Waals surface area contributed by atoms with Crippen molar-refractivity contribution in [1.29, 1.82) is 0 Å². The van der Waals surface area contributed by atoms with E-state index in [2.05, 4.69) is 19.2 Å². The van der Waals surface area contributed by atoms with Crippen LogP contribution in [0.1, 0.15) is 31.9 Å². The highest BCUT2D eigenvalue weighted by Gasteiger charge is 2.15. The number of benzene rings is 1. The van der Waals surface area contributed by atoms with Crippen molar-refractivity contribution in [3.63, 3.8) is 0 Å². The minimum Gasteiger partial charge on any atom is -0.375 e. The molecule has 1 N–H and O–H groups in total. The minimum atomic E-state index is -0.0676. The normalized spacial score (nSPS) is 12.5. The van der Waals surface area contributed by atoms with Gasteiger partial charge in [-0.1, -0.05) is 44.2 Å². The second kappa shape index (κ2) is 7.07. The van der Waals surface area contributed by atoms with Crippen molar-refractivity contribution in [2.24, 2.45) is 5.92 Å². The van der Waals surface area contributed by atoms with Gasteiger partial charge in [-0.25, -0.2) is 0 Å². The van der Waals surface area contributed by atoms with E-state index in [1.54, 1.807) is 0 Å². The van der Waals surface area contributed by atoms with Gasteiger partial charge in [-0.2, -0.15) is 0 Å². The summed E-state index contributed by atoms with van der Waals surface area (Å²) in [7, 11) is 1.53. The van der Waals surface area contributed by atoms with Gasteiger partial charge in [0.15, 0.2) is 0 Å². The lowest BCUT2D eigenvalue weighted by Gasteiger charge is -2.21. The van der Waals surface area contributed by atoms with E-state index in [0.717, 1.165) is 12.0 Å². The number of methoxy groups -OCH3 is 1. The number of hydrogen-bond donors (Lipinski definition) is 1. The molecular formula is C14H21NO2. The zero-order chi connectivity index (χ0) is 12.7. The molecule has 0 fully saturated rings. The maximum Gasteiger partial charge on any atom is 0.246 e. The van der Waals surface area contributed by atoms with Crippen LogP contribution in [0, 0.1) is 5.92 Å². The van der Waals surface area contributed by atoms with Gasteiger partial charge in [-0.15, -0.1) is 0 Å². The first-order valence-electron chi connectivity index (χ1n) is 5.96. The molecule has 0 heterocycles. The van der Waals surface area contributed by atoms with Crippen LogP contribution < -0.4 is 5.32 Å². The highest BCUT2D eigenvalue weighted by atomic mass is 16.5. The van der Waals surface area contributed by atoms with E-state index in [1.165, 1.54) is 7.11 Å². The van der Waals surface area contributed by atoms with Gasteiger partial charge in [0.2, 0.25) is 5.91 Å². The van der Waals surface area contributed by atoms with Crippen LogP contribution in [0.5, 0.6) is 0 Å². The average molecular weight is 235 g/mol. The second-order valence-electron chi connectivity index (χ2n) is 4.59. The number of nitrogens with one attached hydrogen (secondary N) is 1. The summed E-state index contributed by atoms with van der Waals surface area (Å²) in [6.07, 6.45) is 0.930. The van der Waals surface area contributed by atoms with Gasteiger partial charge in [0.05, 0.1) is 6.04 Å². The molecule has 1 aromatic rings. The Morgan fingerprint density at radius 1 is 1.29 bits per heavy atom. The smallest absolute Gasteiger partial charge is 0.246 e. The highest BCUT2D eigenvalue weighted by molar-refractivity contribution is 5.77. The van der Waals surface area contributed by atoms with Crippen LogP contribution >= 0.6 is 0 Å². The summed E-state index contributed by atoms with van der Waals surface area (Å²) in [5, 5.41) is 3.00. The quantitative estimate of drug-likeness (QED) is 0.823. The molecule has 1 unspecified atom stereocenters. The Hall–Kier alpha value is -1.35. The van der Waals surface area contributed by atoms with Gasteiger partial charge in [-0.05, 0) is 17.9 Å². The molecule has 1 rings (SSSR count). The number of hydrogen-bond acceptors (Lipinski definition) is 2. The third-order valence-corrected chi connectivity index (χ3v) is 2.52. The zero-order valence-electron chi connectivity index (χ0n) is 10.8. The topological polar surface area (TPSA) is 38.3 Å². The molecule has 0 aromatic heterocycles. The molecule has 0 aliphatic heterocycles. The first-order valence-corrected chi connectivity index (χ1v) is 5.96. The van der Waals surface area contributed by atoms with Crippen molar-refractivity contribution in [3.8, 4) is 0 Å². The molecule has 0 saturated heterocycles. The van der Waals surface area contributed by atoms with Crippen molar-refractivity contribution < 1.29 is 9.53 Å². The Bertz CT molecular complexity index is 335. The molecule has 1 atom stereocenters. The zero-order valence-corrected chi connectivity index (χ0v) is 10.8. The number of carbonyl (C=O) groups excluding carboxylic acids is 1. The molecule has 0 radical (unpaired) electrons. The van der Waals surface area contributed by atoms with E-state index in [0.29, 0.717) is 5.92 Å². The lowest BCUT2D eigenvalue weighted by molar-refractivity contribution is -0.125. The lowest BCUT2D eigenvalue weighted by atomic mass is 9.97. The summed E-state index contributed by atoms with van der Waals surface area (Å²) in [6, 6.07) is 10.1. The second-order valence-corrected chi connectivity index (χ2v) is 4.59. The molecule has 0 aliphatic carbocycles. The van der Waals surface area contributed by atoms with Crippen LogP contribution in [0.3, 0.4) is 0 Å². The Morgan fingerprint density at radius 3 is 2.47 bits per heavy atom. The molecule has 3 heteroatoms. The predicted molar refractivity (Wildman–Crippen MR) is 68.7 cm³/mol. The fourth-order valence-electron chi connectivity index (χ4n) is 1.80. The summed E-state index contributed by atoms with van der Waals surface area (Å²) < 4.78 is 4.83. The van der Waals surface area contributed by atoms with Crippen LogP contribution in [0.25, 0.3) is 0 Å². The maximum absolute atomic E-state index is 11.6. The lowest BCUT2D eigenvalue weighted by Crippen LogP contribution is -2.32. The van der Waals surface area contributed by atoms with Crippen molar-refractivity contribution >= 4 is 5.91 Å². The molecule has 94 valence electrons. The summed E-state index contributed by atoms with van der Waals surface area (Å²) in [5.41, 5.74) is 1.14. The Balaban J connectivity index is 2.70. The van der Waals surface area contributed by atoms with E-state index in [1.807, 2.05) is 30.3 Å². The van der Waals surface area contributed by atoms with Gasteiger partial charge in [0.25, 0.3) is 0 Å². The van der Waals surface area contributed by atoms with Crippen LogP contribution in [-0.2, 0) is 9.53 Å². The van der Waals surface area contributed by atoms with E-state index in [-0.39, 0.29) is 18.6 Å². The summed E-state index contributed by atoms with van der Waals surface area (Å²) >= 11 is 0. The van der Waals surface area contributed by atoms with Crippen molar-refractivity contribution in [2.45, 2.75) is 26.3 Å². The molecule has 0 bridgehead atoms. The van der Waals surface area contributed by atoms with E-state index >= 15 is 0 Å². The number of amides is 1. The van der Waals surface area contributed by atoms with Crippen LogP contribution in [0.2, 0.25) is 0 Å². The minimum absolute atomic E-state index is 0.0676. The van der Waals surface area contributed by atoms with Crippen LogP contribution in [0.15, 0.2) is 30.3 Å². The average Bonchev–Trinajstić information content (AvgIpc) is 2.29. The van der Waals surface area contributed by atoms with Gasteiger partial charge in [-0.3, -0.25) is 4.79 Å². The van der Waals surface area contributed by atoms with E-state index in [9.17, 15) is 4.79 Å². The third kappa shape index (κ3) is 5.00. The first-order chi connectivity index (χ1) is 8.13. The number of carbonyl (C=O) groups is 1. The monoisotopic (exact) mass is 235 g/mol. The van der Waals surface area contributed by atoms with Gasteiger partial charge < -0.3 is 10.1 Å². The number of ether oxygens (including phenoxy) is 1. The van der Waals surface area contributed by atoms with Gasteiger partial charge >= 0.3 is 0 Å². The summed E-state index contributed by atoms with van der Waals surface area (Å²) in [4.78, 5) is 11.6. The van der Waals surface area contributed by atoms with Crippen molar-refractivity contribution in [3.05, 3.63) is 35.9 Å². The largest absolute Gasteiger partial charge is 0.375 e. The van der Waals surface area contributed by atoms with Gasteiger partial charge in [0, 0.05) is 7.11 Å². The molecule has 3 nitrogen and oxygen atoms in total. The molecule has 17 heavy (non-hydrogen) atoms. The van der Waals surface area contributed by atoms with E-state index in [4.69, 9.17) is 4.74 Å². The Kier molecular flexibility index (Phi) is 5.70. The van der Waals surface area contributed by atoms with Crippen LogP contribution in [-0.4, -0.2) is 19.6 Å². The summed E-state index contributed by atoms with van der Waals surface area (Å²) in [5.74, 6) is 0.463.